The lowest BCUT2D eigenvalue weighted by atomic mass is 10.1. The van der Waals surface area contributed by atoms with Crippen LogP contribution in [0.25, 0.3) is 28.2 Å². The Morgan fingerprint density at radius 3 is 2.71 bits per heavy atom. The highest BCUT2D eigenvalue weighted by atomic mass is 32.2. The number of nitrogens with one attached hydrogen (secondary N) is 1. The number of alkyl halides is 3. The molecule has 0 saturated carbocycles. The number of rotatable bonds is 3. The Balaban J connectivity index is 1.74. The van der Waals surface area contributed by atoms with Crippen molar-refractivity contribution in [3.8, 4) is 16.9 Å². The molecule has 0 radical (unpaired) electrons. The summed E-state index contributed by atoms with van der Waals surface area (Å²) in [4.78, 5) is 27.2. The second-order valence-electron chi connectivity index (χ2n) is 5.68. The van der Waals surface area contributed by atoms with Crippen LogP contribution in [0.5, 0.6) is 5.75 Å². The number of ether oxygens (including phenoxy) is 1. The molecule has 4 rings (SSSR count). The third-order valence-corrected chi connectivity index (χ3v) is 4.55. The van der Waals surface area contributed by atoms with Gasteiger partial charge in [-0.1, -0.05) is 12.1 Å². The zero-order valence-electron chi connectivity index (χ0n) is 13.7. The number of pyridine rings is 1. The van der Waals surface area contributed by atoms with E-state index < -0.39 is 17.5 Å². The molecular formula is C18H9F3N2O4S. The Labute approximate surface area is 159 Å². The maximum atomic E-state index is 12.5. The predicted octanol–water partition coefficient (Wildman–Crippen LogP) is 4.72. The summed E-state index contributed by atoms with van der Waals surface area (Å²) in [5.74, 6) is -0.585. The van der Waals surface area contributed by atoms with Crippen LogP contribution in [0.15, 0.2) is 52.0 Å². The van der Waals surface area contributed by atoms with Crippen LogP contribution in [0.2, 0.25) is 0 Å². The van der Waals surface area contributed by atoms with Gasteiger partial charge in [0.15, 0.2) is 0 Å². The molecular weight excluding hydrogens is 397 g/mol. The summed E-state index contributed by atoms with van der Waals surface area (Å²) in [5.41, 5.74) is 1.24. The minimum absolute atomic E-state index is 0.180. The SMILES string of the molecule is O=C1NC(=O)/C(=C/c2cc3cncc(-c4cccc(OC(F)(F)F)c4)c3o2)S1. The van der Waals surface area contributed by atoms with Gasteiger partial charge in [0.1, 0.15) is 17.1 Å². The molecule has 2 aromatic heterocycles. The van der Waals surface area contributed by atoms with Crippen molar-refractivity contribution in [1.29, 1.82) is 0 Å². The number of aromatic nitrogens is 1. The van der Waals surface area contributed by atoms with Crippen molar-refractivity contribution in [2.75, 3.05) is 0 Å². The normalized spacial score (nSPS) is 16.0. The van der Waals surface area contributed by atoms with Gasteiger partial charge in [0.25, 0.3) is 11.1 Å². The van der Waals surface area contributed by atoms with Gasteiger partial charge < -0.3 is 9.15 Å². The van der Waals surface area contributed by atoms with Crippen molar-refractivity contribution in [3.63, 3.8) is 0 Å². The van der Waals surface area contributed by atoms with Gasteiger partial charge in [-0.2, -0.15) is 0 Å². The van der Waals surface area contributed by atoms with E-state index in [4.69, 9.17) is 4.42 Å². The molecule has 1 N–H and O–H groups in total. The second kappa shape index (κ2) is 6.71. The van der Waals surface area contributed by atoms with Crippen LogP contribution >= 0.6 is 11.8 Å². The van der Waals surface area contributed by atoms with Crippen molar-refractivity contribution in [2.45, 2.75) is 6.36 Å². The number of imide groups is 1. The Bertz CT molecular complexity index is 1140. The van der Waals surface area contributed by atoms with E-state index in [1.54, 1.807) is 12.1 Å². The van der Waals surface area contributed by atoms with E-state index >= 15 is 0 Å². The molecule has 1 aliphatic rings. The topological polar surface area (TPSA) is 81.4 Å². The number of carbonyl (C=O) groups excluding carboxylic acids is 2. The lowest BCUT2D eigenvalue weighted by Gasteiger charge is -2.10. The minimum atomic E-state index is -4.80. The van der Waals surface area contributed by atoms with Crippen molar-refractivity contribution in [1.82, 2.24) is 10.3 Å². The number of benzene rings is 1. The first-order valence-electron chi connectivity index (χ1n) is 7.77. The van der Waals surface area contributed by atoms with Crippen LogP contribution in [-0.2, 0) is 4.79 Å². The molecule has 2 amide bonds. The smallest absolute Gasteiger partial charge is 0.456 e. The Morgan fingerprint density at radius 2 is 2.00 bits per heavy atom. The molecule has 0 bridgehead atoms. The summed E-state index contributed by atoms with van der Waals surface area (Å²) < 4.78 is 47.1. The van der Waals surface area contributed by atoms with E-state index in [1.165, 1.54) is 36.7 Å². The fraction of sp³-hybridized carbons (Fsp3) is 0.0556. The van der Waals surface area contributed by atoms with E-state index in [0.717, 1.165) is 11.8 Å². The van der Waals surface area contributed by atoms with Crippen LogP contribution in [-0.4, -0.2) is 22.5 Å². The van der Waals surface area contributed by atoms with Crippen molar-refractivity contribution >= 4 is 40.0 Å². The minimum Gasteiger partial charge on any atom is -0.456 e. The van der Waals surface area contributed by atoms with Crippen molar-refractivity contribution < 1.29 is 31.9 Å². The summed E-state index contributed by atoms with van der Waals surface area (Å²) in [6.45, 7) is 0. The Kier molecular flexibility index (Phi) is 4.34. The van der Waals surface area contributed by atoms with E-state index in [0.29, 0.717) is 27.9 Å². The standard InChI is InChI=1S/C18H9F3N2O4S/c19-18(20,21)27-11-3-1-2-9(4-11)13-8-22-7-10-5-12(26-15(10)13)6-14-16(24)23-17(25)28-14/h1-8H,(H,23,24,25)/b14-6-. The molecule has 3 heterocycles. The number of fused-ring (bicyclic) bond motifs is 1. The van der Waals surface area contributed by atoms with Crippen LogP contribution in [0.1, 0.15) is 5.76 Å². The van der Waals surface area contributed by atoms with E-state index in [2.05, 4.69) is 15.0 Å². The molecule has 0 aliphatic carbocycles. The fourth-order valence-corrected chi connectivity index (χ4v) is 3.33. The zero-order chi connectivity index (χ0) is 19.9. The molecule has 3 aromatic rings. The van der Waals surface area contributed by atoms with Crippen LogP contribution in [0.3, 0.4) is 0 Å². The summed E-state index contributed by atoms with van der Waals surface area (Å²) >= 11 is 0.749. The average Bonchev–Trinajstić information content (AvgIpc) is 3.15. The highest BCUT2D eigenvalue weighted by Gasteiger charge is 2.31. The summed E-state index contributed by atoms with van der Waals surface area (Å²) in [6, 6.07) is 7.05. The first-order chi connectivity index (χ1) is 13.3. The molecule has 0 spiro atoms. The molecule has 6 nitrogen and oxygen atoms in total. The first-order valence-corrected chi connectivity index (χ1v) is 8.59. The largest absolute Gasteiger partial charge is 0.573 e. The highest BCUT2D eigenvalue weighted by molar-refractivity contribution is 8.18. The van der Waals surface area contributed by atoms with Crippen LogP contribution < -0.4 is 10.1 Å². The number of thioether (sulfide) groups is 1. The van der Waals surface area contributed by atoms with Gasteiger partial charge in [-0.15, -0.1) is 13.2 Å². The zero-order valence-corrected chi connectivity index (χ0v) is 14.6. The lowest BCUT2D eigenvalue weighted by molar-refractivity contribution is -0.274. The first kappa shape index (κ1) is 18.1. The number of furan rings is 1. The molecule has 1 saturated heterocycles. The molecule has 1 aromatic carbocycles. The van der Waals surface area contributed by atoms with Gasteiger partial charge in [0, 0.05) is 29.4 Å². The van der Waals surface area contributed by atoms with E-state index in [1.807, 2.05) is 0 Å². The third kappa shape index (κ3) is 3.72. The van der Waals surface area contributed by atoms with Gasteiger partial charge >= 0.3 is 6.36 Å². The van der Waals surface area contributed by atoms with E-state index in [9.17, 15) is 22.8 Å². The Hall–Kier alpha value is -3.27. The molecule has 142 valence electrons. The molecule has 0 atom stereocenters. The number of halogens is 3. The quantitative estimate of drug-likeness (QED) is 0.634. The predicted molar refractivity (Wildman–Crippen MR) is 95.2 cm³/mol. The maximum Gasteiger partial charge on any atom is 0.573 e. The number of nitrogens with zero attached hydrogens (tertiary/aromatic N) is 1. The summed E-state index contributed by atoms with van der Waals surface area (Å²) in [6.07, 6.45) is -0.412. The highest BCUT2D eigenvalue weighted by Crippen LogP contribution is 2.34. The van der Waals surface area contributed by atoms with Gasteiger partial charge in [0.05, 0.1) is 4.91 Å². The second-order valence-corrected chi connectivity index (χ2v) is 6.70. The molecule has 1 fully saturated rings. The van der Waals surface area contributed by atoms with Crippen molar-refractivity contribution in [3.05, 3.63) is 53.4 Å². The number of hydrogen-bond acceptors (Lipinski definition) is 6. The fourth-order valence-electron chi connectivity index (χ4n) is 2.67. The van der Waals surface area contributed by atoms with Crippen LogP contribution in [0.4, 0.5) is 18.0 Å². The van der Waals surface area contributed by atoms with Gasteiger partial charge in [-0.25, -0.2) is 0 Å². The molecule has 28 heavy (non-hydrogen) atoms. The Morgan fingerprint density at radius 1 is 1.18 bits per heavy atom. The summed E-state index contributed by atoms with van der Waals surface area (Å²) in [5, 5.41) is 2.25. The van der Waals surface area contributed by atoms with Crippen molar-refractivity contribution in [2.24, 2.45) is 0 Å². The third-order valence-electron chi connectivity index (χ3n) is 3.74. The monoisotopic (exact) mass is 406 g/mol. The van der Waals surface area contributed by atoms with Gasteiger partial charge in [0.2, 0.25) is 0 Å². The van der Waals surface area contributed by atoms with Gasteiger partial charge in [-0.05, 0) is 35.5 Å². The summed E-state index contributed by atoms with van der Waals surface area (Å²) in [7, 11) is 0. The van der Waals surface area contributed by atoms with E-state index in [-0.39, 0.29) is 10.7 Å². The molecule has 1 aliphatic heterocycles. The number of carbonyl (C=O) groups is 2. The average molecular weight is 406 g/mol. The van der Waals surface area contributed by atoms with Crippen LogP contribution in [0, 0.1) is 0 Å². The molecule has 0 unspecified atom stereocenters. The number of hydrogen-bond donors (Lipinski definition) is 1. The lowest BCUT2D eigenvalue weighted by Crippen LogP contribution is -2.17. The maximum absolute atomic E-state index is 12.5. The molecule has 10 heteroatoms. The number of amides is 2. The van der Waals surface area contributed by atoms with Gasteiger partial charge in [-0.3, -0.25) is 19.9 Å².